The number of nitrogens with zero attached hydrogens (tertiary/aromatic N) is 2. The van der Waals surface area contributed by atoms with Crippen molar-refractivity contribution >= 4 is 17.0 Å². The van der Waals surface area contributed by atoms with Gasteiger partial charge in [0.25, 0.3) is 0 Å². The largest absolute Gasteiger partial charge is 0.278 e. The van der Waals surface area contributed by atoms with Crippen LogP contribution < -0.4 is 0 Å². The first-order chi connectivity index (χ1) is 5.42. The summed E-state index contributed by atoms with van der Waals surface area (Å²) in [5, 5.41) is 7.77. The van der Waals surface area contributed by atoms with Crippen molar-refractivity contribution in [2.45, 2.75) is 0 Å². The van der Waals surface area contributed by atoms with E-state index in [0.717, 1.165) is 16.6 Å². The van der Waals surface area contributed by atoms with Crippen molar-refractivity contribution < 1.29 is 0 Å². The van der Waals surface area contributed by atoms with E-state index >= 15 is 0 Å². The molecule has 0 bridgehead atoms. The molecule has 0 unspecified atom stereocenters. The molecule has 2 rings (SSSR count). The Morgan fingerprint density at radius 1 is 1.55 bits per heavy atom. The topological polar surface area (TPSA) is 41.6 Å². The van der Waals surface area contributed by atoms with Gasteiger partial charge in [0, 0.05) is 11.6 Å². The third kappa shape index (κ3) is 0.816. The molecular weight excluding hydrogens is 138 g/mol. The van der Waals surface area contributed by atoms with Gasteiger partial charge in [-0.25, -0.2) is 0 Å². The van der Waals surface area contributed by atoms with Gasteiger partial charge in [0.15, 0.2) is 0 Å². The molecule has 2 aromatic heterocycles. The molecule has 0 saturated carbocycles. The zero-order valence-corrected chi connectivity index (χ0v) is 5.91. The van der Waals surface area contributed by atoms with Crippen LogP contribution in [0.3, 0.4) is 0 Å². The van der Waals surface area contributed by atoms with Crippen molar-refractivity contribution in [3.05, 3.63) is 30.7 Å². The molecule has 0 amide bonds. The zero-order chi connectivity index (χ0) is 7.68. The number of nitrogens with one attached hydrogen (secondary N) is 1. The first-order valence-corrected chi connectivity index (χ1v) is 3.32. The predicted octanol–water partition coefficient (Wildman–Crippen LogP) is 1.60. The lowest BCUT2D eigenvalue weighted by atomic mass is 10.2. The highest BCUT2D eigenvalue weighted by Gasteiger charge is 1.98. The minimum absolute atomic E-state index is 0.872. The molecule has 0 aliphatic rings. The molecule has 0 fully saturated rings. The van der Waals surface area contributed by atoms with Crippen LogP contribution >= 0.6 is 0 Å². The Morgan fingerprint density at radius 2 is 2.45 bits per heavy atom. The summed E-state index contributed by atoms with van der Waals surface area (Å²) in [5.41, 5.74) is 1.87. The minimum atomic E-state index is 0.872. The Kier molecular flexibility index (Phi) is 1.22. The quantitative estimate of drug-likeness (QED) is 0.662. The Balaban J connectivity index is 2.88. The number of pyridine rings is 1. The van der Waals surface area contributed by atoms with Crippen LogP contribution in [0.5, 0.6) is 0 Å². The molecule has 0 aliphatic carbocycles. The SMILES string of the molecule is C=Cc1nccc2[nH]ncc12. The van der Waals surface area contributed by atoms with E-state index in [9.17, 15) is 0 Å². The van der Waals surface area contributed by atoms with Crippen molar-refractivity contribution in [2.75, 3.05) is 0 Å². The van der Waals surface area contributed by atoms with Crippen LogP contribution in [0.15, 0.2) is 25.0 Å². The van der Waals surface area contributed by atoms with E-state index in [1.807, 2.05) is 6.07 Å². The van der Waals surface area contributed by atoms with Gasteiger partial charge in [0.2, 0.25) is 0 Å². The van der Waals surface area contributed by atoms with E-state index in [2.05, 4.69) is 21.8 Å². The van der Waals surface area contributed by atoms with Crippen molar-refractivity contribution in [2.24, 2.45) is 0 Å². The van der Waals surface area contributed by atoms with Gasteiger partial charge in [-0.3, -0.25) is 10.1 Å². The number of aromatic nitrogens is 3. The average Bonchev–Trinajstić information content (AvgIpc) is 2.50. The van der Waals surface area contributed by atoms with Crippen LogP contribution in [0.25, 0.3) is 17.0 Å². The number of aromatic amines is 1. The first kappa shape index (κ1) is 6.09. The Hall–Kier alpha value is -1.64. The highest BCUT2D eigenvalue weighted by Crippen LogP contribution is 2.13. The second-order valence-electron chi connectivity index (χ2n) is 2.23. The highest BCUT2D eigenvalue weighted by molar-refractivity contribution is 5.84. The lowest BCUT2D eigenvalue weighted by molar-refractivity contribution is 1.12. The summed E-state index contributed by atoms with van der Waals surface area (Å²) in [6.07, 6.45) is 5.20. The van der Waals surface area contributed by atoms with Gasteiger partial charge < -0.3 is 0 Å². The molecule has 0 atom stereocenters. The van der Waals surface area contributed by atoms with Crippen LogP contribution in [0, 0.1) is 0 Å². The molecule has 11 heavy (non-hydrogen) atoms. The molecule has 54 valence electrons. The van der Waals surface area contributed by atoms with E-state index in [4.69, 9.17) is 0 Å². The van der Waals surface area contributed by atoms with Gasteiger partial charge in [0.1, 0.15) is 0 Å². The second-order valence-corrected chi connectivity index (χ2v) is 2.23. The summed E-state index contributed by atoms with van der Waals surface area (Å²) in [7, 11) is 0. The van der Waals surface area contributed by atoms with Gasteiger partial charge in [-0.1, -0.05) is 6.58 Å². The van der Waals surface area contributed by atoms with Gasteiger partial charge in [-0.15, -0.1) is 0 Å². The Morgan fingerprint density at radius 3 is 3.27 bits per heavy atom. The fourth-order valence-corrected chi connectivity index (χ4v) is 1.05. The van der Waals surface area contributed by atoms with Crippen molar-refractivity contribution in [3.63, 3.8) is 0 Å². The number of hydrogen-bond donors (Lipinski definition) is 1. The number of fused-ring (bicyclic) bond motifs is 1. The van der Waals surface area contributed by atoms with Crippen LogP contribution in [-0.2, 0) is 0 Å². The minimum Gasteiger partial charge on any atom is -0.278 e. The second kappa shape index (κ2) is 2.20. The molecule has 0 aromatic carbocycles. The fraction of sp³-hybridized carbons (Fsp3) is 0. The van der Waals surface area contributed by atoms with Crippen molar-refractivity contribution in [1.82, 2.24) is 15.2 Å². The monoisotopic (exact) mass is 145 g/mol. The molecule has 1 N–H and O–H groups in total. The Labute approximate surface area is 63.8 Å². The summed E-state index contributed by atoms with van der Waals surface area (Å²) in [6, 6.07) is 1.88. The molecule has 0 aliphatic heterocycles. The third-order valence-electron chi connectivity index (χ3n) is 1.59. The number of hydrogen-bond acceptors (Lipinski definition) is 2. The van der Waals surface area contributed by atoms with E-state index in [-0.39, 0.29) is 0 Å². The van der Waals surface area contributed by atoms with Crippen LogP contribution in [0.1, 0.15) is 5.69 Å². The van der Waals surface area contributed by atoms with Gasteiger partial charge >= 0.3 is 0 Å². The van der Waals surface area contributed by atoms with Crippen LogP contribution in [0.2, 0.25) is 0 Å². The van der Waals surface area contributed by atoms with E-state index in [1.54, 1.807) is 18.5 Å². The normalized spacial score (nSPS) is 10.2. The standard InChI is InChI=1S/C8H7N3/c1-2-7-6-5-10-11-8(6)3-4-9-7/h2-5H,1H2,(H,10,11). The summed E-state index contributed by atoms with van der Waals surface area (Å²) in [6.45, 7) is 3.66. The number of rotatable bonds is 1. The van der Waals surface area contributed by atoms with Gasteiger partial charge in [0.05, 0.1) is 17.4 Å². The maximum Gasteiger partial charge on any atom is 0.0733 e. The lowest BCUT2D eigenvalue weighted by Gasteiger charge is -1.91. The first-order valence-electron chi connectivity index (χ1n) is 3.32. The van der Waals surface area contributed by atoms with E-state index in [0.29, 0.717) is 0 Å². The fourth-order valence-electron chi connectivity index (χ4n) is 1.05. The molecular formula is C8H7N3. The molecule has 3 nitrogen and oxygen atoms in total. The summed E-state index contributed by atoms with van der Waals surface area (Å²) in [4.78, 5) is 4.12. The maximum absolute atomic E-state index is 4.12. The van der Waals surface area contributed by atoms with Crippen molar-refractivity contribution in [1.29, 1.82) is 0 Å². The molecule has 0 saturated heterocycles. The van der Waals surface area contributed by atoms with Gasteiger partial charge in [-0.05, 0) is 12.1 Å². The zero-order valence-electron chi connectivity index (χ0n) is 5.91. The van der Waals surface area contributed by atoms with Gasteiger partial charge in [-0.2, -0.15) is 5.10 Å². The van der Waals surface area contributed by atoms with Crippen molar-refractivity contribution in [3.8, 4) is 0 Å². The molecule has 0 radical (unpaired) electrons. The average molecular weight is 145 g/mol. The van der Waals surface area contributed by atoms with E-state index in [1.165, 1.54) is 0 Å². The summed E-state index contributed by atoms with van der Waals surface area (Å²) < 4.78 is 0. The van der Waals surface area contributed by atoms with Crippen LogP contribution in [-0.4, -0.2) is 15.2 Å². The van der Waals surface area contributed by atoms with E-state index < -0.39 is 0 Å². The lowest BCUT2D eigenvalue weighted by Crippen LogP contribution is -1.78. The van der Waals surface area contributed by atoms with Crippen LogP contribution in [0.4, 0.5) is 0 Å². The number of H-pyrrole nitrogens is 1. The summed E-state index contributed by atoms with van der Waals surface area (Å²) in [5.74, 6) is 0. The Bertz CT molecular complexity index is 389. The third-order valence-corrected chi connectivity index (χ3v) is 1.59. The molecule has 0 spiro atoms. The maximum atomic E-state index is 4.12. The molecule has 2 aromatic rings. The smallest absolute Gasteiger partial charge is 0.0733 e. The molecule has 2 heterocycles. The highest BCUT2D eigenvalue weighted by atomic mass is 15.1. The molecule has 3 heteroatoms. The summed E-state index contributed by atoms with van der Waals surface area (Å²) >= 11 is 0. The predicted molar refractivity (Wildman–Crippen MR) is 44.0 cm³/mol.